The summed E-state index contributed by atoms with van der Waals surface area (Å²) in [7, 11) is 0. The molecule has 0 aromatic carbocycles. The van der Waals surface area contributed by atoms with Gasteiger partial charge in [0.1, 0.15) is 0 Å². The van der Waals surface area contributed by atoms with E-state index in [0.717, 1.165) is 25.7 Å². The van der Waals surface area contributed by atoms with Crippen LogP contribution in [0.15, 0.2) is 0 Å². The first-order chi connectivity index (χ1) is 5.18. The quantitative estimate of drug-likeness (QED) is 0.577. The summed E-state index contributed by atoms with van der Waals surface area (Å²) >= 11 is 0. The maximum Gasteiger partial charge on any atom is 0.332 e. The molecule has 0 radical (unpaired) electrons. The molecule has 0 heterocycles. The molecule has 0 aliphatic rings. The van der Waals surface area contributed by atoms with Crippen molar-refractivity contribution in [2.24, 2.45) is 0 Å². The van der Waals surface area contributed by atoms with E-state index in [4.69, 9.17) is 10.2 Å². The lowest BCUT2D eigenvalue weighted by atomic mass is 10.1. The topological polar surface area (TPSA) is 57.5 Å². The van der Waals surface area contributed by atoms with Gasteiger partial charge in [-0.3, -0.25) is 0 Å². The lowest BCUT2D eigenvalue weighted by molar-refractivity contribution is -0.146. The predicted octanol–water partition coefficient (Wildman–Crippen LogP) is 1.40. The molecular weight excluding hydrogens is 144 g/mol. The van der Waals surface area contributed by atoms with Crippen LogP contribution in [-0.4, -0.2) is 22.3 Å². The molecule has 0 bridgehead atoms. The number of unbranched alkanes of at least 4 members (excludes halogenated alkanes) is 3. The number of carboxylic acids is 1. The Morgan fingerprint density at radius 1 is 1.36 bits per heavy atom. The molecule has 0 spiro atoms. The highest BCUT2D eigenvalue weighted by Gasteiger charge is 2.11. The average molecular weight is 160 g/mol. The van der Waals surface area contributed by atoms with Crippen LogP contribution < -0.4 is 0 Å². The highest BCUT2D eigenvalue weighted by atomic mass is 16.4. The minimum absolute atomic E-state index is 0.384. The summed E-state index contributed by atoms with van der Waals surface area (Å²) in [6.07, 6.45) is 3.29. The van der Waals surface area contributed by atoms with Gasteiger partial charge in [-0.1, -0.05) is 32.6 Å². The van der Waals surface area contributed by atoms with Crippen molar-refractivity contribution in [1.82, 2.24) is 0 Å². The van der Waals surface area contributed by atoms with Crippen LogP contribution in [0, 0.1) is 0 Å². The number of carboxylic acid groups (broad SMARTS) is 1. The molecule has 2 N–H and O–H groups in total. The number of aliphatic hydroxyl groups is 1. The number of aliphatic hydroxyl groups excluding tert-OH is 1. The third kappa shape index (κ3) is 5.85. The fourth-order valence-corrected chi connectivity index (χ4v) is 0.888. The van der Waals surface area contributed by atoms with E-state index in [1.165, 1.54) is 0 Å². The third-order valence-electron chi connectivity index (χ3n) is 1.62. The van der Waals surface area contributed by atoms with Crippen LogP contribution in [0.5, 0.6) is 0 Å². The second kappa shape index (κ2) is 6.16. The van der Waals surface area contributed by atoms with Gasteiger partial charge in [0, 0.05) is 0 Å². The van der Waals surface area contributed by atoms with E-state index in [2.05, 4.69) is 6.92 Å². The summed E-state index contributed by atoms with van der Waals surface area (Å²) in [5.74, 6) is -1.11. The van der Waals surface area contributed by atoms with Crippen molar-refractivity contribution >= 4 is 5.97 Å². The molecule has 0 aromatic rings. The Balaban J connectivity index is 3.17. The van der Waals surface area contributed by atoms with Crippen LogP contribution in [0.2, 0.25) is 0 Å². The first-order valence-electron chi connectivity index (χ1n) is 4.09. The van der Waals surface area contributed by atoms with Gasteiger partial charge in [-0.2, -0.15) is 0 Å². The monoisotopic (exact) mass is 160 g/mol. The minimum atomic E-state index is -1.16. The van der Waals surface area contributed by atoms with E-state index in [0.29, 0.717) is 6.42 Å². The van der Waals surface area contributed by atoms with Crippen LogP contribution in [0.3, 0.4) is 0 Å². The van der Waals surface area contributed by atoms with Crippen LogP contribution in [0.25, 0.3) is 0 Å². The van der Waals surface area contributed by atoms with Crippen LogP contribution in [0.1, 0.15) is 39.0 Å². The molecule has 0 saturated carbocycles. The zero-order chi connectivity index (χ0) is 8.69. The molecule has 0 aliphatic heterocycles. The van der Waals surface area contributed by atoms with Crippen molar-refractivity contribution in [1.29, 1.82) is 0 Å². The Bertz CT molecular complexity index is 112. The van der Waals surface area contributed by atoms with Gasteiger partial charge < -0.3 is 10.2 Å². The van der Waals surface area contributed by atoms with Gasteiger partial charge in [-0.05, 0) is 6.42 Å². The molecule has 0 amide bonds. The van der Waals surface area contributed by atoms with Crippen LogP contribution in [-0.2, 0) is 4.79 Å². The number of hydrogen-bond donors (Lipinski definition) is 2. The lowest BCUT2D eigenvalue weighted by Gasteiger charge is -2.03. The molecule has 1 atom stereocenters. The Morgan fingerprint density at radius 2 is 2.00 bits per heavy atom. The van der Waals surface area contributed by atoms with E-state index in [9.17, 15) is 4.79 Å². The summed E-state index contributed by atoms with van der Waals surface area (Å²) in [5, 5.41) is 17.1. The largest absolute Gasteiger partial charge is 0.479 e. The van der Waals surface area contributed by atoms with Gasteiger partial charge in [0.2, 0.25) is 0 Å². The van der Waals surface area contributed by atoms with E-state index in [1.54, 1.807) is 0 Å². The Morgan fingerprint density at radius 3 is 2.45 bits per heavy atom. The molecule has 0 aliphatic carbocycles. The first kappa shape index (κ1) is 10.4. The number of hydrogen-bond acceptors (Lipinski definition) is 2. The summed E-state index contributed by atoms with van der Waals surface area (Å²) in [6.45, 7) is 2.09. The van der Waals surface area contributed by atoms with Crippen molar-refractivity contribution in [3.8, 4) is 0 Å². The molecule has 3 heteroatoms. The van der Waals surface area contributed by atoms with Crippen molar-refractivity contribution in [2.45, 2.75) is 45.1 Å². The molecule has 0 fully saturated rings. The molecular formula is C8H16O3. The highest BCUT2D eigenvalue weighted by molar-refractivity contribution is 5.71. The normalized spacial score (nSPS) is 12.9. The number of carbonyl (C=O) groups is 1. The first-order valence-corrected chi connectivity index (χ1v) is 4.09. The third-order valence-corrected chi connectivity index (χ3v) is 1.62. The second-order valence-electron chi connectivity index (χ2n) is 2.70. The second-order valence-corrected chi connectivity index (χ2v) is 2.70. The SMILES string of the molecule is CCCCCC[C@H](O)C(=O)O. The number of aliphatic carboxylic acids is 1. The standard InChI is InChI=1S/C8H16O3/c1-2-3-4-5-6-7(9)8(10)11/h7,9H,2-6H2,1H3,(H,10,11)/t7-/m0/s1. The molecule has 0 aromatic heterocycles. The molecule has 3 nitrogen and oxygen atoms in total. The maximum atomic E-state index is 10.1. The van der Waals surface area contributed by atoms with Crippen molar-refractivity contribution in [3.63, 3.8) is 0 Å². The highest BCUT2D eigenvalue weighted by Crippen LogP contribution is 2.05. The van der Waals surface area contributed by atoms with Crippen molar-refractivity contribution in [3.05, 3.63) is 0 Å². The van der Waals surface area contributed by atoms with Crippen molar-refractivity contribution in [2.75, 3.05) is 0 Å². The summed E-state index contributed by atoms with van der Waals surface area (Å²) in [5.41, 5.74) is 0. The van der Waals surface area contributed by atoms with E-state index >= 15 is 0 Å². The van der Waals surface area contributed by atoms with Gasteiger partial charge >= 0.3 is 5.97 Å². The zero-order valence-electron chi connectivity index (χ0n) is 6.92. The minimum Gasteiger partial charge on any atom is -0.479 e. The van der Waals surface area contributed by atoms with Crippen LogP contribution in [0.4, 0.5) is 0 Å². The number of rotatable bonds is 6. The van der Waals surface area contributed by atoms with Crippen LogP contribution >= 0.6 is 0 Å². The van der Waals surface area contributed by atoms with Gasteiger partial charge in [0.15, 0.2) is 6.10 Å². The van der Waals surface area contributed by atoms with Gasteiger partial charge in [-0.25, -0.2) is 4.79 Å². The molecule has 0 rings (SSSR count). The van der Waals surface area contributed by atoms with Gasteiger partial charge in [-0.15, -0.1) is 0 Å². The summed E-state index contributed by atoms with van der Waals surface area (Å²) < 4.78 is 0. The predicted molar refractivity (Wildman–Crippen MR) is 42.4 cm³/mol. The molecule has 11 heavy (non-hydrogen) atoms. The fraction of sp³-hybridized carbons (Fsp3) is 0.875. The Hall–Kier alpha value is -0.570. The lowest BCUT2D eigenvalue weighted by Crippen LogP contribution is -2.18. The fourth-order valence-electron chi connectivity index (χ4n) is 0.888. The molecule has 0 saturated heterocycles. The smallest absolute Gasteiger partial charge is 0.332 e. The summed E-state index contributed by atoms with van der Waals surface area (Å²) in [6, 6.07) is 0. The Labute approximate surface area is 67.0 Å². The maximum absolute atomic E-state index is 10.1. The zero-order valence-corrected chi connectivity index (χ0v) is 6.92. The summed E-state index contributed by atoms with van der Waals surface area (Å²) in [4.78, 5) is 10.1. The molecule has 66 valence electrons. The van der Waals surface area contributed by atoms with E-state index in [1.807, 2.05) is 0 Å². The Kier molecular flexibility index (Phi) is 5.84. The molecule has 0 unspecified atom stereocenters. The van der Waals surface area contributed by atoms with E-state index < -0.39 is 12.1 Å². The van der Waals surface area contributed by atoms with Gasteiger partial charge in [0.05, 0.1) is 0 Å². The average Bonchev–Trinajstić information content (AvgIpc) is 1.97. The van der Waals surface area contributed by atoms with E-state index in [-0.39, 0.29) is 0 Å². The van der Waals surface area contributed by atoms with Crippen molar-refractivity contribution < 1.29 is 15.0 Å². The van der Waals surface area contributed by atoms with Gasteiger partial charge in [0.25, 0.3) is 0 Å².